The van der Waals surface area contributed by atoms with Gasteiger partial charge in [-0.1, -0.05) is 24.6 Å². The van der Waals surface area contributed by atoms with Crippen LogP contribution in [0, 0.1) is 0 Å². The van der Waals surface area contributed by atoms with E-state index in [4.69, 9.17) is 0 Å². The molecule has 1 heterocycles. The summed E-state index contributed by atoms with van der Waals surface area (Å²) in [5.41, 5.74) is 0. The molecule has 1 aromatic heterocycles. The second kappa shape index (κ2) is 5.48. The van der Waals surface area contributed by atoms with E-state index in [0.717, 1.165) is 30.2 Å². The minimum Gasteiger partial charge on any atom is -0.392 e. The van der Waals surface area contributed by atoms with E-state index in [1.54, 1.807) is 0 Å². The molecule has 0 saturated heterocycles. The van der Waals surface area contributed by atoms with Crippen molar-refractivity contribution in [3.63, 3.8) is 0 Å². The second-order valence-corrected chi connectivity index (χ2v) is 5.57. The largest absolute Gasteiger partial charge is 0.406 e. The molecule has 0 amide bonds. The van der Waals surface area contributed by atoms with Gasteiger partial charge >= 0.3 is 6.18 Å². The van der Waals surface area contributed by atoms with Gasteiger partial charge in [0.15, 0.2) is 5.16 Å². The van der Waals surface area contributed by atoms with Gasteiger partial charge in [-0.25, -0.2) is 0 Å². The molecule has 0 aromatic carbocycles. The standard InChI is InChI=1S/C10H14F3N3OS/c11-10(12,13)5-16-6-14-15-9(16)18-8-4-2-1-3-7(8)17/h6-8,17H,1-5H2. The number of hydrogen-bond acceptors (Lipinski definition) is 4. The molecule has 2 atom stereocenters. The quantitative estimate of drug-likeness (QED) is 0.923. The zero-order valence-corrected chi connectivity index (χ0v) is 10.4. The molecule has 1 aliphatic rings. The fourth-order valence-electron chi connectivity index (χ4n) is 1.99. The van der Waals surface area contributed by atoms with Gasteiger partial charge in [-0.2, -0.15) is 13.2 Å². The van der Waals surface area contributed by atoms with Crippen molar-refractivity contribution in [2.24, 2.45) is 0 Å². The first-order valence-corrected chi connectivity index (χ1v) is 6.63. The van der Waals surface area contributed by atoms with Gasteiger partial charge in [0.2, 0.25) is 0 Å². The maximum absolute atomic E-state index is 12.3. The van der Waals surface area contributed by atoms with Crippen molar-refractivity contribution in [1.29, 1.82) is 0 Å². The van der Waals surface area contributed by atoms with Crippen molar-refractivity contribution < 1.29 is 18.3 Å². The molecule has 8 heteroatoms. The van der Waals surface area contributed by atoms with E-state index < -0.39 is 18.8 Å². The van der Waals surface area contributed by atoms with Crippen molar-refractivity contribution >= 4 is 11.8 Å². The normalized spacial score (nSPS) is 25.3. The van der Waals surface area contributed by atoms with Gasteiger partial charge < -0.3 is 5.11 Å². The van der Waals surface area contributed by atoms with Crippen LogP contribution in [-0.2, 0) is 6.54 Å². The smallest absolute Gasteiger partial charge is 0.392 e. The molecular weight excluding hydrogens is 267 g/mol. The third kappa shape index (κ3) is 3.61. The highest BCUT2D eigenvalue weighted by Crippen LogP contribution is 2.33. The first-order valence-electron chi connectivity index (χ1n) is 5.75. The summed E-state index contributed by atoms with van der Waals surface area (Å²) in [7, 11) is 0. The third-order valence-corrected chi connectivity index (χ3v) is 4.23. The number of thioether (sulfide) groups is 1. The van der Waals surface area contributed by atoms with Crippen LogP contribution in [0.3, 0.4) is 0 Å². The second-order valence-electron chi connectivity index (χ2n) is 4.36. The fourth-order valence-corrected chi connectivity index (χ4v) is 3.18. The van der Waals surface area contributed by atoms with Crippen molar-refractivity contribution in [3.05, 3.63) is 6.33 Å². The lowest BCUT2D eigenvalue weighted by Crippen LogP contribution is -2.27. The maximum atomic E-state index is 12.3. The first-order chi connectivity index (χ1) is 8.46. The zero-order chi connectivity index (χ0) is 13.2. The molecule has 1 fully saturated rings. The number of nitrogens with zero attached hydrogens (tertiary/aromatic N) is 3. The number of hydrogen-bond donors (Lipinski definition) is 1. The van der Waals surface area contributed by atoms with Crippen molar-refractivity contribution in [1.82, 2.24) is 14.8 Å². The van der Waals surface area contributed by atoms with E-state index in [9.17, 15) is 18.3 Å². The molecule has 0 spiro atoms. The van der Waals surface area contributed by atoms with Crippen molar-refractivity contribution in [2.45, 2.75) is 54.9 Å². The predicted molar refractivity (Wildman–Crippen MR) is 60.2 cm³/mol. The topological polar surface area (TPSA) is 50.9 Å². The summed E-state index contributed by atoms with van der Waals surface area (Å²) < 4.78 is 37.9. The van der Waals surface area contributed by atoms with Gasteiger partial charge in [0.25, 0.3) is 0 Å². The Hall–Kier alpha value is -0.760. The minimum absolute atomic E-state index is 0.0880. The molecule has 18 heavy (non-hydrogen) atoms. The van der Waals surface area contributed by atoms with Crippen LogP contribution >= 0.6 is 11.8 Å². The highest BCUT2D eigenvalue weighted by Gasteiger charge is 2.31. The maximum Gasteiger partial charge on any atom is 0.406 e. The van der Waals surface area contributed by atoms with E-state index >= 15 is 0 Å². The average molecular weight is 281 g/mol. The van der Waals surface area contributed by atoms with Gasteiger partial charge in [0.05, 0.1) is 6.10 Å². The highest BCUT2D eigenvalue weighted by atomic mass is 32.2. The Labute approximate surface area is 107 Å². The summed E-state index contributed by atoms with van der Waals surface area (Å²) in [6, 6.07) is 0. The molecule has 1 N–H and O–H groups in total. The number of alkyl halides is 3. The van der Waals surface area contributed by atoms with Crippen molar-refractivity contribution in [3.8, 4) is 0 Å². The summed E-state index contributed by atoms with van der Waals surface area (Å²) in [4.78, 5) is 0. The van der Waals surface area contributed by atoms with Crippen LogP contribution in [0.25, 0.3) is 0 Å². The number of aliphatic hydroxyl groups excluding tert-OH is 1. The zero-order valence-electron chi connectivity index (χ0n) is 9.60. The lowest BCUT2D eigenvalue weighted by Gasteiger charge is -2.26. The molecule has 2 unspecified atom stereocenters. The van der Waals surface area contributed by atoms with E-state index in [1.165, 1.54) is 11.8 Å². The molecule has 0 aliphatic heterocycles. The van der Waals surface area contributed by atoms with Gasteiger partial charge in [-0.15, -0.1) is 10.2 Å². The SMILES string of the molecule is OC1CCCCC1Sc1nncn1CC(F)(F)F. The van der Waals surface area contributed by atoms with E-state index in [2.05, 4.69) is 10.2 Å². The molecular formula is C10H14F3N3OS. The molecule has 4 nitrogen and oxygen atoms in total. The monoisotopic (exact) mass is 281 g/mol. The Balaban J connectivity index is 2.03. The van der Waals surface area contributed by atoms with E-state index in [1.807, 2.05) is 0 Å². The lowest BCUT2D eigenvalue weighted by molar-refractivity contribution is -0.142. The van der Waals surface area contributed by atoms with Gasteiger partial charge in [-0.3, -0.25) is 4.57 Å². The molecule has 2 rings (SSSR count). The van der Waals surface area contributed by atoms with Crippen molar-refractivity contribution in [2.75, 3.05) is 0 Å². The predicted octanol–water partition coefficient (Wildman–Crippen LogP) is 2.24. The number of aliphatic hydroxyl groups is 1. The van der Waals surface area contributed by atoms with E-state index in [0.29, 0.717) is 6.42 Å². The molecule has 0 radical (unpaired) electrons. The summed E-state index contributed by atoms with van der Waals surface area (Å²) >= 11 is 1.19. The van der Waals surface area contributed by atoms with Gasteiger partial charge in [-0.05, 0) is 12.8 Å². The summed E-state index contributed by atoms with van der Waals surface area (Å²) in [6.07, 6.45) is -0.237. The highest BCUT2D eigenvalue weighted by molar-refractivity contribution is 7.99. The van der Waals surface area contributed by atoms with Crippen LogP contribution in [0.15, 0.2) is 11.5 Å². The lowest BCUT2D eigenvalue weighted by atomic mass is 9.97. The van der Waals surface area contributed by atoms with E-state index in [-0.39, 0.29) is 10.4 Å². The third-order valence-electron chi connectivity index (χ3n) is 2.85. The number of aromatic nitrogens is 3. The van der Waals surface area contributed by atoms with Crippen LogP contribution in [0.1, 0.15) is 25.7 Å². The van der Waals surface area contributed by atoms with Crippen LogP contribution in [-0.4, -0.2) is 37.4 Å². The molecule has 1 aromatic rings. The molecule has 0 bridgehead atoms. The molecule has 1 aliphatic carbocycles. The number of halogens is 3. The first kappa shape index (κ1) is 13.7. The Morgan fingerprint density at radius 2 is 2.11 bits per heavy atom. The summed E-state index contributed by atoms with van der Waals surface area (Å²) in [5.74, 6) is 0. The summed E-state index contributed by atoms with van der Waals surface area (Å²) in [6.45, 7) is -1.09. The van der Waals surface area contributed by atoms with Gasteiger partial charge in [0.1, 0.15) is 12.9 Å². The number of rotatable bonds is 3. The summed E-state index contributed by atoms with van der Waals surface area (Å²) in [5, 5.41) is 17.1. The molecule has 102 valence electrons. The van der Waals surface area contributed by atoms with Crippen LogP contribution in [0.5, 0.6) is 0 Å². The van der Waals surface area contributed by atoms with Crippen LogP contribution < -0.4 is 0 Å². The molecule has 1 saturated carbocycles. The van der Waals surface area contributed by atoms with Crippen LogP contribution in [0.4, 0.5) is 13.2 Å². The van der Waals surface area contributed by atoms with Gasteiger partial charge in [0, 0.05) is 5.25 Å². The minimum atomic E-state index is -4.29. The fraction of sp³-hybridized carbons (Fsp3) is 0.800. The Bertz CT molecular complexity index is 396. The Morgan fingerprint density at radius 1 is 1.39 bits per heavy atom. The average Bonchev–Trinajstić information content (AvgIpc) is 2.67. The van der Waals surface area contributed by atoms with Crippen LogP contribution in [0.2, 0.25) is 0 Å². The Kier molecular flexibility index (Phi) is 4.16. The Morgan fingerprint density at radius 3 is 2.78 bits per heavy atom.